The van der Waals surface area contributed by atoms with Gasteiger partial charge in [-0.25, -0.2) is 0 Å². The fourth-order valence-electron chi connectivity index (χ4n) is 4.78. The van der Waals surface area contributed by atoms with Crippen LogP contribution in [-0.2, 0) is 32.1 Å². The number of alkyl halides is 1. The summed E-state index contributed by atoms with van der Waals surface area (Å²) < 4.78 is 1.20. The molecule has 0 aromatic heterocycles. The third kappa shape index (κ3) is 12.4. The molecule has 2 aromatic carbocycles. The highest BCUT2D eigenvalue weighted by atomic mass is 127. The minimum absolute atomic E-state index is 1.16. The molecule has 0 atom stereocenters. The first-order valence-electron chi connectivity index (χ1n) is 14.0. The molecule has 0 bridgehead atoms. The number of hydrogen-bond donors (Lipinski definition) is 0. The zero-order valence-corrected chi connectivity index (χ0v) is 23.8. The molecule has 1 heteroatoms. The Hall–Kier alpha value is -0.830. The van der Waals surface area contributed by atoms with Crippen LogP contribution >= 0.6 is 22.6 Å². The largest absolute Gasteiger partial charge is 0.0860 e. The summed E-state index contributed by atoms with van der Waals surface area (Å²) in [6.45, 7) is 4.59. The number of aryl methyl sites for hydroxylation is 5. The maximum atomic E-state index is 2.51. The average molecular weight is 561 g/mol. The van der Waals surface area contributed by atoms with Crippen molar-refractivity contribution in [2.45, 2.75) is 123 Å². The molecular weight excluding hydrogens is 511 g/mol. The van der Waals surface area contributed by atoms with Crippen molar-refractivity contribution in [1.29, 1.82) is 0 Å². The summed E-state index contributed by atoms with van der Waals surface area (Å²) in [7, 11) is 0. The molecule has 0 amide bonds. The first-order valence-corrected chi connectivity index (χ1v) is 15.5. The van der Waals surface area contributed by atoms with Crippen molar-refractivity contribution in [1.82, 2.24) is 0 Å². The smallest absolute Gasteiger partial charge is 0.00358 e. The third-order valence-electron chi connectivity index (χ3n) is 6.98. The van der Waals surface area contributed by atoms with E-state index in [9.17, 15) is 0 Å². The van der Waals surface area contributed by atoms with E-state index in [0.29, 0.717) is 0 Å². The highest BCUT2D eigenvalue weighted by molar-refractivity contribution is 14.1. The van der Waals surface area contributed by atoms with Crippen LogP contribution in [0.25, 0.3) is 0 Å². The Balaban J connectivity index is 1.84. The van der Waals surface area contributed by atoms with Gasteiger partial charge in [0.15, 0.2) is 0 Å². The maximum Gasteiger partial charge on any atom is 0.00358 e. The van der Waals surface area contributed by atoms with Gasteiger partial charge in [0.1, 0.15) is 0 Å². The SMILES string of the molecule is CCCCCCCCc1ccc(CCc2cc(CCI)ccc2CCCCCCCC)cc1. The van der Waals surface area contributed by atoms with Crippen LogP contribution in [0, 0.1) is 0 Å². The Morgan fingerprint density at radius 1 is 0.455 bits per heavy atom. The van der Waals surface area contributed by atoms with Crippen molar-refractivity contribution in [2.75, 3.05) is 4.43 Å². The zero-order valence-electron chi connectivity index (χ0n) is 21.6. The average Bonchev–Trinajstić information content (AvgIpc) is 2.84. The lowest BCUT2D eigenvalue weighted by atomic mass is 9.93. The first-order chi connectivity index (χ1) is 16.3. The summed E-state index contributed by atoms with van der Waals surface area (Å²) in [5, 5.41) is 0. The van der Waals surface area contributed by atoms with Crippen molar-refractivity contribution in [3.05, 3.63) is 70.3 Å². The number of unbranched alkanes of at least 4 members (excludes halogenated alkanes) is 10. The van der Waals surface area contributed by atoms with Crippen molar-refractivity contribution in [3.63, 3.8) is 0 Å². The summed E-state index contributed by atoms with van der Waals surface area (Å²) in [4.78, 5) is 0. The van der Waals surface area contributed by atoms with Gasteiger partial charge >= 0.3 is 0 Å². The topological polar surface area (TPSA) is 0 Å². The highest BCUT2D eigenvalue weighted by Gasteiger charge is 2.06. The Kier molecular flexibility index (Phi) is 15.9. The van der Waals surface area contributed by atoms with Crippen molar-refractivity contribution in [3.8, 4) is 0 Å². The second kappa shape index (κ2) is 18.5. The van der Waals surface area contributed by atoms with Crippen LogP contribution in [0.2, 0.25) is 0 Å². The molecule has 0 spiro atoms. The first kappa shape index (κ1) is 28.4. The van der Waals surface area contributed by atoms with Gasteiger partial charge in [-0.1, -0.05) is 143 Å². The van der Waals surface area contributed by atoms with Crippen LogP contribution in [0.3, 0.4) is 0 Å². The number of halogens is 1. The van der Waals surface area contributed by atoms with E-state index in [2.05, 4.69) is 78.9 Å². The van der Waals surface area contributed by atoms with Crippen LogP contribution in [0.4, 0.5) is 0 Å². The molecule has 184 valence electrons. The van der Waals surface area contributed by atoms with Crippen LogP contribution in [0.1, 0.15) is 119 Å². The molecule has 0 saturated carbocycles. The van der Waals surface area contributed by atoms with E-state index in [0.717, 1.165) is 6.42 Å². The van der Waals surface area contributed by atoms with Gasteiger partial charge in [-0.3, -0.25) is 0 Å². The van der Waals surface area contributed by atoms with Gasteiger partial charge in [-0.15, -0.1) is 0 Å². The van der Waals surface area contributed by atoms with Crippen LogP contribution in [-0.4, -0.2) is 4.43 Å². The second-order valence-corrected chi connectivity index (χ2v) is 11.0. The van der Waals surface area contributed by atoms with Gasteiger partial charge in [0.25, 0.3) is 0 Å². The van der Waals surface area contributed by atoms with Gasteiger partial charge in [-0.2, -0.15) is 0 Å². The normalized spacial score (nSPS) is 11.2. The summed E-state index contributed by atoms with van der Waals surface area (Å²) >= 11 is 2.50. The molecule has 0 heterocycles. The Labute approximate surface area is 219 Å². The van der Waals surface area contributed by atoms with Gasteiger partial charge in [0.05, 0.1) is 0 Å². The Morgan fingerprint density at radius 2 is 0.970 bits per heavy atom. The minimum Gasteiger partial charge on any atom is -0.0860 e. The van der Waals surface area contributed by atoms with E-state index in [1.165, 1.54) is 124 Å². The summed E-state index contributed by atoms with van der Waals surface area (Å²) in [6, 6.07) is 16.9. The van der Waals surface area contributed by atoms with Gasteiger partial charge in [-0.05, 0) is 72.8 Å². The molecule has 0 aliphatic carbocycles. The molecule has 2 aromatic rings. The summed E-state index contributed by atoms with van der Waals surface area (Å²) in [6.07, 6.45) is 22.6. The molecule has 0 radical (unpaired) electrons. The standard InChI is InChI=1S/C32H49I/c1-3-5-7-9-11-13-15-28-17-19-29(20-18-28)21-24-32-27-30(25-26-33)22-23-31(32)16-14-12-10-8-6-4-2/h17-20,22-23,27H,3-16,21,24-26H2,1-2H3. The lowest BCUT2D eigenvalue weighted by Gasteiger charge is -2.13. The van der Waals surface area contributed by atoms with Gasteiger partial charge < -0.3 is 0 Å². The van der Waals surface area contributed by atoms with E-state index in [4.69, 9.17) is 0 Å². The van der Waals surface area contributed by atoms with Crippen LogP contribution in [0.5, 0.6) is 0 Å². The van der Waals surface area contributed by atoms with Crippen molar-refractivity contribution in [2.24, 2.45) is 0 Å². The Bertz CT molecular complexity index is 731. The molecule has 0 nitrogen and oxygen atoms in total. The molecule has 0 N–H and O–H groups in total. The summed E-state index contributed by atoms with van der Waals surface area (Å²) in [5.74, 6) is 0. The van der Waals surface area contributed by atoms with E-state index in [1.807, 2.05) is 0 Å². The predicted octanol–water partition coefficient (Wildman–Crippen LogP) is 10.3. The van der Waals surface area contributed by atoms with Crippen molar-refractivity contribution < 1.29 is 0 Å². The van der Waals surface area contributed by atoms with Gasteiger partial charge in [0.2, 0.25) is 0 Å². The predicted molar refractivity (Wildman–Crippen MR) is 157 cm³/mol. The molecule has 0 saturated heterocycles. The molecular formula is C32H49I. The van der Waals surface area contributed by atoms with E-state index >= 15 is 0 Å². The highest BCUT2D eigenvalue weighted by Crippen LogP contribution is 2.20. The molecule has 33 heavy (non-hydrogen) atoms. The fourth-order valence-corrected chi connectivity index (χ4v) is 5.40. The molecule has 0 fully saturated rings. The van der Waals surface area contributed by atoms with E-state index in [-0.39, 0.29) is 0 Å². The molecule has 2 rings (SSSR count). The fraction of sp³-hybridized carbons (Fsp3) is 0.625. The van der Waals surface area contributed by atoms with Crippen LogP contribution in [0.15, 0.2) is 42.5 Å². The quantitative estimate of drug-likeness (QED) is 0.0911. The molecule has 0 aliphatic heterocycles. The molecule has 0 unspecified atom stereocenters. The minimum atomic E-state index is 1.16. The van der Waals surface area contributed by atoms with E-state index in [1.54, 1.807) is 11.1 Å². The summed E-state index contributed by atoms with van der Waals surface area (Å²) in [5.41, 5.74) is 7.72. The number of benzene rings is 2. The zero-order chi connectivity index (χ0) is 23.6. The third-order valence-corrected chi connectivity index (χ3v) is 7.52. The van der Waals surface area contributed by atoms with E-state index < -0.39 is 0 Å². The maximum absolute atomic E-state index is 2.51. The lowest BCUT2D eigenvalue weighted by Crippen LogP contribution is -2.00. The Morgan fingerprint density at radius 3 is 1.58 bits per heavy atom. The number of hydrogen-bond acceptors (Lipinski definition) is 0. The van der Waals surface area contributed by atoms with Crippen LogP contribution < -0.4 is 0 Å². The van der Waals surface area contributed by atoms with Crippen molar-refractivity contribution >= 4 is 22.6 Å². The second-order valence-electron chi connectivity index (χ2n) is 9.89. The number of rotatable bonds is 19. The molecule has 0 aliphatic rings. The lowest BCUT2D eigenvalue weighted by molar-refractivity contribution is 0.606. The monoisotopic (exact) mass is 560 g/mol. The van der Waals surface area contributed by atoms with Gasteiger partial charge in [0, 0.05) is 4.43 Å².